The molecule has 112 valence electrons. The van der Waals surface area contributed by atoms with Crippen LogP contribution in [0.1, 0.15) is 9.67 Å². The van der Waals surface area contributed by atoms with Gasteiger partial charge in [-0.15, -0.1) is 11.3 Å². The average molecular weight is 412 g/mol. The summed E-state index contributed by atoms with van der Waals surface area (Å²) in [4.78, 5) is 15.2. The number of pyridine rings is 1. The van der Waals surface area contributed by atoms with Gasteiger partial charge in [0.05, 0.1) is 12.8 Å². The van der Waals surface area contributed by atoms with E-state index in [0.29, 0.717) is 4.47 Å². The number of nitrogens with one attached hydrogen (secondary N) is 1. The first-order chi connectivity index (χ1) is 9.85. The molecule has 0 saturated heterocycles. The zero-order chi connectivity index (χ0) is 15.6. The Morgan fingerprint density at radius 3 is 2.90 bits per heavy atom. The highest BCUT2D eigenvalue weighted by Crippen LogP contribution is 2.28. The van der Waals surface area contributed by atoms with Gasteiger partial charge in [-0.05, 0) is 33.4 Å². The van der Waals surface area contributed by atoms with Crippen molar-refractivity contribution in [2.75, 3.05) is 11.8 Å². The van der Waals surface area contributed by atoms with Crippen molar-refractivity contribution >= 4 is 60.5 Å². The molecule has 0 aliphatic rings. The van der Waals surface area contributed by atoms with Crippen LogP contribution >= 0.6 is 38.9 Å². The number of hydrogen-bond acceptors (Lipinski definition) is 6. The van der Waals surface area contributed by atoms with E-state index in [9.17, 15) is 13.2 Å². The van der Waals surface area contributed by atoms with Crippen molar-refractivity contribution in [2.24, 2.45) is 0 Å². The van der Waals surface area contributed by atoms with E-state index in [2.05, 4.69) is 30.4 Å². The van der Waals surface area contributed by atoms with Gasteiger partial charge in [0, 0.05) is 10.7 Å². The molecule has 0 fully saturated rings. The zero-order valence-corrected chi connectivity index (χ0v) is 14.4. The number of ether oxygens (including phenoxy) is 1. The van der Waals surface area contributed by atoms with Crippen LogP contribution < -0.4 is 4.72 Å². The number of sulfonamides is 1. The summed E-state index contributed by atoms with van der Waals surface area (Å²) in [6.45, 7) is 0. The number of methoxy groups -OCH3 is 1. The second kappa shape index (κ2) is 6.30. The molecule has 0 aliphatic heterocycles. The first kappa shape index (κ1) is 16.2. The second-order valence-corrected chi connectivity index (χ2v) is 7.54. The van der Waals surface area contributed by atoms with Gasteiger partial charge in [-0.1, -0.05) is 11.6 Å². The van der Waals surface area contributed by atoms with E-state index in [-0.39, 0.29) is 20.6 Å². The SMILES string of the molecule is COC(=O)c1sccc1S(=O)(=O)Nc1cc(Br)cnc1Cl. The molecule has 10 heteroatoms. The lowest BCUT2D eigenvalue weighted by Crippen LogP contribution is -2.16. The van der Waals surface area contributed by atoms with Crippen molar-refractivity contribution in [1.82, 2.24) is 4.98 Å². The van der Waals surface area contributed by atoms with Gasteiger partial charge in [0.25, 0.3) is 10.0 Å². The Labute approximate surface area is 138 Å². The molecular weight excluding hydrogens is 404 g/mol. The van der Waals surface area contributed by atoms with E-state index in [1.165, 1.54) is 30.8 Å². The summed E-state index contributed by atoms with van der Waals surface area (Å²) in [6.07, 6.45) is 1.44. The maximum Gasteiger partial charge on any atom is 0.349 e. The fourth-order valence-corrected chi connectivity index (χ4v) is 4.38. The Bertz CT molecular complexity index is 791. The van der Waals surface area contributed by atoms with E-state index in [4.69, 9.17) is 11.6 Å². The molecule has 2 rings (SSSR count). The van der Waals surface area contributed by atoms with Gasteiger partial charge in [-0.25, -0.2) is 18.2 Å². The molecule has 0 amide bonds. The fraction of sp³-hybridized carbons (Fsp3) is 0.0909. The number of anilines is 1. The quantitative estimate of drug-likeness (QED) is 0.617. The Hall–Kier alpha value is -1.16. The number of thiophene rings is 1. The molecule has 0 unspecified atom stereocenters. The Morgan fingerprint density at radius 2 is 2.24 bits per heavy atom. The van der Waals surface area contributed by atoms with Crippen molar-refractivity contribution in [3.05, 3.63) is 38.2 Å². The van der Waals surface area contributed by atoms with Gasteiger partial charge in [-0.2, -0.15) is 0 Å². The summed E-state index contributed by atoms with van der Waals surface area (Å²) in [5.74, 6) is -0.719. The first-order valence-corrected chi connectivity index (χ1v) is 8.88. The van der Waals surface area contributed by atoms with E-state index in [0.717, 1.165) is 11.3 Å². The fourth-order valence-electron chi connectivity index (χ4n) is 1.44. The van der Waals surface area contributed by atoms with Crippen LogP contribution in [-0.4, -0.2) is 26.5 Å². The lowest BCUT2D eigenvalue weighted by Gasteiger charge is -2.09. The van der Waals surface area contributed by atoms with Gasteiger partial charge in [-0.3, -0.25) is 4.72 Å². The van der Waals surface area contributed by atoms with Gasteiger partial charge < -0.3 is 4.74 Å². The number of halogens is 2. The summed E-state index contributed by atoms with van der Waals surface area (Å²) >= 11 is 9.99. The predicted octanol–water partition coefficient (Wildman–Crippen LogP) is 3.15. The van der Waals surface area contributed by atoms with Crippen LogP contribution in [0.5, 0.6) is 0 Å². The molecular formula is C11H8BrClN2O4S2. The number of esters is 1. The largest absolute Gasteiger partial charge is 0.465 e. The van der Waals surface area contributed by atoms with Crippen molar-refractivity contribution < 1.29 is 17.9 Å². The molecule has 2 aromatic rings. The first-order valence-electron chi connectivity index (χ1n) is 5.35. The van der Waals surface area contributed by atoms with Crippen LogP contribution in [0, 0.1) is 0 Å². The number of hydrogen-bond donors (Lipinski definition) is 1. The minimum absolute atomic E-state index is 0.00313. The summed E-state index contributed by atoms with van der Waals surface area (Å²) < 4.78 is 32.1. The van der Waals surface area contributed by atoms with Crippen molar-refractivity contribution in [1.29, 1.82) is 0 Å². The molecule has 0 aromatic carbocycles. The minimum atomic E-state index is -3.98. The van der Waals surface area contributed by atoms with Crippen molar-refractivity contribution in [3.63, 3.8) is 0 Å². The predicted molar refractivity (Wildman–Crippen MR) is 83.4 cm³/mol. The Kier molecular flexibility index (Phi) is 4.87. The molecule has 2 aromatic heterocycles. The maximum absolute atomic E-state index is 12.4. The number of carbonyl (C=O) groups is 1. The third-order valence-electron chi connectivity index (χ3n) is 2.34. The van der Waals surface area contributed by atoms with Gasteiger partial charge in [0.2, 0.25) is 0 Å². The second-order valence-electron chi connectivity index (χ2n) is 3.70. The molecule has 6 nitrogen and oxygen atoms in total. The topological polar surface area (TPSA) is 85.4 Å². The van der Waals surface area contributed by atoms with Gasteiger partial charge in [0.1, 0.15) is 9.77 Å². The monoisotopic (exact) mass is 410 g/mol. The molecule has 21 heavy (non-hydrogen) atoms. The molecule has 0 radical (unpaired) electrons. The van der Waals surface area contributed by atoms with Gasteiger partial charge in [0.15, 0.2) is 5.15 Å². The van der Waals surface area contributed by atoms with Gasteiger partial charge >= 0.3 is 5.97 Å². The molecule has 0 saturated carbocycles. The van der Waals surface area contributed by atoms with Crippen LogP contribution in [0.3, 0.4) is 0 Å². The van der Waals surface area contributed by atoms with E-state index >= 15 is 0 Å². The lowest BCUT2D eigenvalue weighted by atomic mass is 10.4. The lowest BCUT2D eigenvalue weighted by molar-refractivity contribution is 0.0602. The van der Waals surface area contributed by atoms with Crippen LogP contribution in [0.4, 0.5) is 5.69 Å². The van der Waals surface area contributed by atoms with Crippen LogP contribution in [-0.2, 0) is 14.8 Å². The average Bonchev–Trinajstić information content (AvgIpc) is 2.92. The third kappa shape index (κ3) is 3.54. The summed E-state index contributed by atoms with van der Waals surface area (Å²) in [5.41, 5.74) is 0.105. The summed E-state index contributed by atoms with van der Waals surface area (Å²) in [6, 6.07) is 2.79. The van der Waals surface area contributed by atoms with Crippen LogP contribution in [0.2, 0.25) is 5.15 Å². The molecule has 0 atom stereocenters. The number of carbonyl (C=O) groups excluding carboxylic acids is 1. The standard InChI is InChI=1S/C11H8BrClN2O4S2/c1-19-11(16)9-8(2-3-20-9)21(17,18)15-7-4-6(12)5-14-10(7)13/h2-5,15H,1H3. The third-order valence-corrected chi connectivity index (χ3v) is 5.51. The molecule has 0 spiro atoms. The molecule has 0 bridgehead atoms. The number of aromatic nitrogens is 1. The maximum atomic E-state index is 12.4. The van der Waals surface area contributed by atoms with E-state index < -0.39 is 16.0 Å². The molecule has 2 heterocycles. The van der Waals surface area contributed by atoms with Crippen molar-refractivity contribution in [2.45, 2.75) is 4.90 Å². The highest BCUT2D eigenvalue weighted by atomic mass is 79.9. The van der Waals surface area contributed by atoms with E-state index in [1.54, 1.807) is 0 Å². The highest BCUT2D eigenvalue weighted by Gasteiger charge is 2.25. The normalized spacial score (nSPS) is 11.2. The number of rotatable bonds is 4. The number of nitrogens with zero attached hydrogens (tertiary/aromatic N) is 1. The Balaban J connectivity index is 2.42. The van der Waals surface area contributed by atoms with E-state index in [1.807, 2.05) is 0 Å². The highest BCUT2D eigenvalue weighted by molar-refractivity contribution is 9.10. The van der Waals surface area contributed by atoms with Crippen LogP contribution in [0.15, 0.2) is 33.1 Å². The summed E-state index contributed by atoms with van der Waals surface area (Å²) in [5, 5.41) is 1.48. The molecule has 1 N–H and O–H groups in total. The molecule has 0 aliphatic carbocycles. The smallest absolute Gasteiger partial charge is 0.349 e. The van der Waals surface area contributed by atoms with Crippen LogP contribution in [0.25, 0.3) is 0 Å². The van der Waals surface area contributed by atoms with Crippen molar-refractivity contribution in [3.8, 4) is 0 Å². The minimum Gasteiger partial charge on any atom is -0.465 e. The zero-order valence-electron chi connectivity index (χ0n) is 10.5. The summed E-state index contributed by atoms with van der Waals surface area (Å²) in [7, 11) is -2.80. The Morgan fingerprint density at radius 1 is 1.52 bits per heavy atom.